The molecule has 3 rings (SSSR count). The van der Waals surface area contributed by atoms with E-state index in [1.54, 1.807) is 30.9 Å². The van der Waals surface area contributed by atoms with Crippen molar-refractivity contribution < 1.29 is 34.3 Å². The Bertz CT molecular complexity index is 865. The Morgan fingerprint density at radius 1 is 1.27 bits per heavy atom. The Labute approximate surface area is 174 Å². The molecule has 10 heteroatoms. The second-order valence-corrected chi connectivity index (χ2v) is 8.60. The Morgan fingerprint density at radius 2 is 1.93 bits per heavy atom. The van der Waals surface area contributed by atoms with Gasteiger partial charge in [-0.1, -0.05) is 25.0 Å². The first-order chi connectivity index (χ1) is 14.0. The van der Waals surface area contributed by atoms with E-state index in [2.05, 4.69) is 0 Å². The third-order valence-electron chi connectivity index (χ3n) is 5.88. The lowest BCUT2D eigenvalue weighted by Crippen LogP contribution is -2.57. The third kappa shape index (κ3) is 4.66. The molecule has 1 aromatic rings. The minimum atomic E-state index is -2.62. The number of Topliss-reactive ketones (excluding diaryl/α,β-unsaturated/α-hetero) is 1. The van der Waals surface area contributed by atoms with Crippen LogP contribution < -0.4 is 10.5 Å². The maximum absolute atomic E-state index is 12.4. The predicted octanol–water partition coefficient (Wildman–Crippen LogP) is -0.0185. The van der Waals surface area contributed by atoms with Crippen molar-refractivity contribution in [3.63, 3.8) is 0 Å². The summed E-state index contributed by atoms with van der Waals surface area (Å²) < 4.78 is 5.84. The van der Waals surface area contributed by atoms with Crippen LogP contribution in [-0.2, 0) is 22.3 Å². The van der Waals surface area contributed by atoms with Gasteiger partial charge in [0.2, 0.25) is 12.5 Å². The average Bonchev–Trinajstić information content (AvgIpc) is 2.61. The van der Waals surface area contributed by atoms with Crippen molar-refractivity contribution in [2.75, 3.05) is 13.1 Å². The van der Waals surface area contributed by atoms with Gasteiger partial charge in [-0.25, -0.2) is 4.79 Å². The van der Waals surface area contributed by atoms with Crippen LogP contribution in [0.4, 0.5) is 0 Å². The third-order valence-corrected chi connectivity index (χ3v) is 5.88. The largest absolute Gasteiger partial charge is 0.583 e. The second kappa shape index (κ2) is 8.37. The molecule has 164 valence electrons. The molecule has 0 aromatic heterocycles. The zero-order chi connectivity index (χ0) is 22.2. The number of fused-ring (bicyclic) bond motifs is 1. The summed E-state index contributed by atoms with van der Waals surface area (Å²) in [4.78, 5) is 37.6. The number of carboxylic acid groups (broad SMARTS) is 1. The number of hydrogen-bond acceptors (Lipinski definition) is 7. The highest BCUT2D eigenvalue weighted by Crippen LogP contribution is 2.34. The van der Waals surface area contributed by atoms with Gasteiger partial charge in [0.1, 0.15) is 23.2 Å². The molecule has 2 aliphatic heterocycles. The summed E-state index contributed by atoms with van der Waals surface area (Å²) >= 11 is 0. The first-order valence-electron chi connectivity index (χ1n) is 10.2. The summed E-state index contributed by atoms with van der Waals surface area (Å²) in [5.41, 5.74) is 6.66. The Morgan fingerprint density at radius 3 is 2.53 bits per heavy atom. The van der Waals surface area contributed by atoms with E-state index in [0.717, 1.165) is 5.56 Å². The van der Waals surface area contributed by atoms with Crippen LogP contribution in [0.2, 0.25) is 6.32 Å². The summed E-state index contributed by atoms with van der Waals surface area (Å²) in [5, 5.41) is 29.7. The van der Waals surface area contributed by atoms with Crippen molar-refractivity contribution in [3.05, 3.63) is 28.8 Å². The lowest BCUT2D eigenvalue weighted by molar-refractivity contribution is -0.145. The highest BCUT2D eigenvalue weighted by atomic mass is 16.5. The van der Waals surface area contributed by atoms with Crippen LogP contribution in [0.5, 0.6) is 5.75 Å². The predicted molar refractivity (Wildman–Crippen MR) is 109 cm³/mol. The molecule has 0 radical (unpaired) electrons. The lowest BCUT2D eigenvalue weighted by atomic mass is 9.47. The van der Waals surface area contributed by atoms with Crippen molar-refractivity contribution in [3.8, 4) is 5.75 Å². The van der Waals surface area contributed by atoms with Gasteiger partial charge in [0, 0.05) is 12.3 Å². The molecule has 9 nitrogen and oxygen atoms in total. The first kappa shape index (κ1) is 22.3. The molecular weight excluding hydrogens is 391 g/mol. The molecular formula is C20H28BN2O7-. The van der Waals surface area contributed by atoms with E-state index in [1.165, 1.54) is 0 Å². The van der Waals surface area contributed by atoms with Gasteiger partial charge in [0.15, 0.2) is 0 Å². The number of nitrogens with two attached hydrogens (primary N) is 1. The fraction of sp³-hybridized carbons (Fsp3) is 0.550. The van der Waals surface area contributed by atoms with Gasteiger partial charge < -0.3 is 30.5 Å². The van der Waals surface area contributed by atoms with Crippen LogP contribution in [0, 0.1) is 5.92 Å². The highest BCUT2D eigenvalue weighted by molar-refractivity contribution is 6.64. The van der Waals surface area contributed by atoms with Gasteiger partial charge in [-0.15, -0.1) is 12.6 Å². The van der Waals surface area contributed by atoms with Gasteiger partial charge in [0.25, 0.3) is 0 Å². The molecule has 5 N–H and O–H groups in total. The molecule has 1 amide bonds. The number of ketones is 1. The summed E-state index contributed by atoms with van der Waals surface area (Å²) in [6, 6.07) is 2.74. The van der Waals surface area contributed by atoms with E-state index in [-0.39, 0.29) is 48.2 Å². The molecule has 2 aliphatic rings. The maximum Gasteiger partial charge on any atom is 0.339 e. The SMILES string of the molecule is C[C@@H](N)C(=O)C[C@H](C)C(=O)N1CC(Oc2ccc3c(c2C(=O)O)C[B-](O)(O)CC3)C1. The smallest absolute Gasteiger partial charge is 0.339 e. The zero-order valence-electron chi connectivity index (χ0n) is 17.2. The molecule has 1 saturated heterocycles. The maximum atomic E-state index is 12.4. The molecule has 0 saturated carbocycles. The molecule has 0 bridgehead atoms. The van der Waals surface area contributed by atoms with Crippen LogP contribution in [0.3, 0.4) is 0 Å². The minimum Gasteiger partial charge on any atom is -0.583 e. The van der Waals surface area contributed by atoms with Gasteiger partial charge in [0.05, 0.1) is 19.1 Å². The fourth-order valence-corrected chi connectivity index (χ4v) is 4.04. The molecule has 2 atom stereocenters. The van der Waals surface area contributed by atoms with Crippen molar-refractivity contribution >= 4 is 24.2 Å². The number of benzene rings is 1. The fourth-order valence-electron chi connectivity index (χ4n) is 4.04. The van der Waals surface area contributed by atoms with Crippen molar-refractivity contribution in [1.29, 1.82) is 0 Å². The Hall–Kier alpha value is -2.43. The number of carbonyl (C=O) groups is 3. The number of amides is 1. The second-order valence-electron chi connectivity index (χ2n) is 8.60. The quantitative estimate of drug-likeness (QED) is 0.451. The normalized spacial score (nSPS) is 20.0. The topological polar surface area (TPSA) is 150 Å². The number of nitrogens with zero attached hydrogens (tertiary/aromatic N) is 1. The molecule has 0 aliphatic carbocycles. The number of carbonyl (C=O) groups excluding carboxylic acids is 2. The molecule has 30 heavy (non-hydrogen) atoms. The number of carboxylic acids is 1. The highest BCUT2D eigenvalue weighted by Gasteiger charge is 2.37. The van der Waals surface area contributed by atoms with Crippen molar-refractivity contribution in [1.82, 2.24) is 4.90 Å². The Balaban J connectivity index is 1.66. The summed E-state index contributed by atoms with van der Waals surface area (Å²) in [5.74, 6) is -1.85. The summed E-state index contributed by atoms with van der Waals surface area (Å²) in [6.07, 6.45) is 0.193. The van der Waals surface area contributed by atoms with Gasteiger partial charge >= 0.3 is 5.97 Å². The van der Waals surface area contributed by atoms with Crippen LogP contribution in [0.1, 0.15) is 41.8 Å². The molecule has 0 unspecified atom stereocenters. The first-order valence-corrected chi connectivity index (χ1v) is 10.2. The Kier molecular flexibility index (Phi) is 6.21. The van der Waals surface area contributed by atoms with Crippen molar-refractivity contribution in [2.24, 2.45) is 11.7 Å². The van der Waals surface area contributed by atoms with Gasteiger partial charge in [-0.3, -0.25) is 9.59 Å². The molecule has 1 fully saturated rings. The minimum absolute atomic E-state index is 0.0535. The van der Waals surface area contributed by atoms with E-state index in [9.17, 15) is 29.5 Å². The monoisotopic (exact) mass is 419 g/mol. The van der Waals surface area contributed by atoms with E-state index >= 15 is 0 Å². The van der Waals surface area contributed by atoms with Gasteiger partial charge in [-0.05, 0) is 18.6 Å². The van der Waals surface area contributed by atoms with Crippen LogP contribution in [-0.4, -0.2) is 69.5 Å². The lowest BCUT2D eigenvalue weighted by Gasteiger charge is -2.41. The van der Waals surface area contributed by atoms with E-state index < -0.39 is 24.5 Å². The van der Waals surface area contributed by atoms with E-state index in [0.29, 0.717) is 25.1 Å². The number of rotatable bonds is 7. The van der Waals surface area contributed by atoms with Crippen LogP contribution in [0.25, 0.3) is 0 Å². The molecule has 1 aromatic carbocycles. The van der Waals surface area contributed by atoms with Crippen LogP contribution >= 0.6 is 0 Å². The van der Waals surface area contributed by atoms with Crippen LogP contribution in [0.15, 0.2) is 12.1 Å². The average molecular weight is 419 g/mol. The standard InChI is InChI=1S/C20H28BN2O7/c1-11(7-16(24)12(2)22)19(25)23-9-14(10-23)30-17-4-3-13-5-6-21(28,29)8-15(13)18(17)20(26)27/h3-4,11-12,14,28-29H,5-10,22H2,1-2H3,(H,26,27)/q-1/t11-,12+/m0/s1. The van der Waals surface area contributed by atoms with E-state index in [1.807, 2.05) is 0 Å². The summed E-state index contributed by atoms with van der Waals surface area (Å²) in [6.45, 7) is 1.23. The number of aryl methyl sites for hydroxylation is 1. The number of aromatic carboxylic acids is 1. The number of likely N-dealkylation sites (tertiary alicyclic amines) is 1. The zero-order valence-corrected chi connectivity index (χ0v) is 17.2. The molecule has 2 heterocycles. The van der Waals surface area contributed by atoms with Crippen molar-refractivity contribution in [2.45, 2.75) is 51.5 Å². The molecule has 0 spiro atoms. The van der Waals surface area contributed by atoms with E-state index in [4.69, 9.17) is 10.5 Å². The number of hydrogen-bond donors (Lipinski definition) is 4. The van der Waals surface area contributed by atoms with Gasteiger partial charge in [-0.2, -0.15) is 0 Å². The number of ether oxygens (including phenoxy) is 1. The summed E-state index contributed by atoms with van der Waals surface area (Å²) in [7, 11) is 0.